The summed E-state index contributed by atoms with van der Waals surface area (Å²) in [6, 6.07) is 26.4. The fourth-order valence-corrected chi connectivity index (χ4v) is 27.7. The summed E-state index contributed by atoms with van der Waals surface area (Å²) in [6.45, 7) is 5.24. The second-order valence-electron chi connectivity index (χ2n) is 8.32. The van der Waals surface area contributed by atoms with Gasteiger partial charge in [-0.3, -0.25) is 0 Å². The molecule has 4 rings (SSSR count). The van der Waals surface area contributed by atoms with Gasteiger partial charge >= 0.3 is 140 Å². The van der Waals surface area contributed by atoms with E-state index in [1.807, 2.05) is 0 Å². The normalized spacial score (nSPS) is 28.5. The van der Waals surface area contributed by atoms with E-state index in [4.69, 9.17) is 0 Å². The van der Waals surface area contributed by atoms with Gasteiger partial charge in [-0.05, 0) is 0 Å². The van der Waals surface area contributed by atoms with Gasteiger partial charge in [0.25, 0.3) is 0 Å². The molecule has 0 saturated carbocycles. The molecule has 2 aromatic rings. The summed E-state index contributed by atoms with van der Waals surface area (Å²) in [7, 11) is -0.867. The molecular weight excluding hydrogens is 387 g/mol. The van der Waals surface area contributed by atoms with Crippen LogP contribution < -0.4 is 7.16 Å². The van der Waals surface area contributed by atoms with Gasteiger partial charge in [0, 0.05) is 0 Å². The van der Waals surface area contributed by atoms with Crippen molar-refractivity contribution >= 4 is 33.6 Å². The minimum atomic E-state index is -2.44. The van der Waals surface area contributed by atoms with Crippen molar-refractivity contribution in [2.45, 2.75) is 34.1 Å². The number of rotatable bonds is 2. The molecule has 0 bridgehead atoms. The van der Waals surface area contributed by atoms with E-state index in [0.29, 0.717) is 0 Å². The standard InChI is InChI=1S/C8H16Si.2C6H5.Sn/c1-7-5-9(3,4)6-8(7)2;2*1-2-4-6-5-3-1;/h7-8H,1-2,5-6H2,3-4H3;2*1-5H;/t7-,8-;;;/m0.../s1. The quantitative estimate of drug-likeness (QED) is 0.647. The van der Waals surface area contributed by atoms with Crippen LogP contribution in [0.2, 0.25) is 34.1 Å². The first kappa shape index (κ1) is 15.0. The Hall–Kier alpha value is -0.544. The van der Waals surface area contributed by atoms with Crippen molar-refractivity contribution in [3.8, 4) is 0 Å². The number of fused-ring (bicyclic) bond motifs is 1. The Morgan fingerprint density at radius 1 is 0.727 bits per heavy atom. The van der Waals surface area contributed by atoms with Crippen LogP contribution >= 0.6 is 0 Å². The Morgan fingerprint density at radius 3 is 1.55 bits per heavy atom. The van der Waals surface area contributed by atoms with Gasteiger partial charge < -0.3 is 0 Å². The Bertz CT molecular complexity index is 592. The minimum absolute atomic E-state index is 0.867. The van der Waals surface area contributed by atoms with Crippen LogP contribution in [0.3, 0.4) is 0 Å². The molecule has 0 aliphatic carbocycles. The second kappa shape index (κ2) is 5.52. The summed E-state index contributed by atoms with van der Waals surface area (Å²) in [4.78, 5) is 0. The molecule has 0 amide bonds. The van der Waals surface area contributed by atoms with E-state index < -0.39 is 26.5 Å². The molecule has 0 radical (unpaired) electrons. The first-order valence-electron chi connectivity index (χ1n) is 8.70. The van der Waals surface area contributed by atoms with Gasteiger partial charge in [0.1, 0.15) is 0 Å². The van der Waals surface area contributed by atoms with Crippen molar-refractivity contribution in [3.63, 3.8) is 0 Å². The number of benzene rings is 2. The van der Waals surface area contributed by atoms with E-state index in [2.05, 4.69) is 73.8 Å². The Morgan fingerprint density at radius 2 is 1.14 bits per heavy atom. The van der Waals surface area contributed by atoms with Crippen LogP contribution in [-0.2, 0) is 0 Å². The molecule has 2 aromatic carbocycles. The van der Waals surface area contributed by atoms with Gasteiger partial charge in [-0.15, -0.1) is 0 Å². The molecule has 0 unspecified atom stereocenters. The van der Waals surface area contributed by atoms with Crippen molar-refractivity contribution in [3.05, 3.63) is 60.7 Å². The van der Waals surface area contributed by atoms with Crippen LogP contribution in [-0.4, -0.2) is 26.5 Å². The maximum atomic E-state index is 2.62. The van der Waals surface area contributed by atoms with Crippen LogP contribution in [0.25, 0.3) is 0 Å². The molecule has 2 saturated heterocycles. The zero-order chi connectivity index (χ0) is 15.2. The summed E-state index contributed by atoms with van der Waals surface area (Å²) in [5.41, 5.74) is 0. The van der Waals surface area contributed by atoms with Gasteiger partial charge in [0.05, 0.1) is 0 Å². The first-order chi connectivity index (χ1) is 10.6. The van der Waals surface area contributed by atoms with Gasteiger partial charge in [0.15, 0.2) is 0 Å². The zero-order valence-electron chi connectivity index (χ0n) is 13.8. The Labute approximate surface area is 139 Å². The van der Waals surface area contributed by atoms with Gasteiger partial charge in [-0.2, -0.15) is 0 Å². The van der Waals surface area contributed by atoms with Crippen molar-refractivity contribution in [2.75, 3.05) is 0 Å². The van der Waals surface area contributed by atoms with E-state index in [0.717, 1.165) is 11.8 Å². The van der Waals surface area contributed by atoms with E-state index >= 15 is 0 Å². The summed E-state index contributed by atoms with van der Waals surface area (Å²) in [6.07, 6.45) is 0. The zero-order valence-corrected chi connectivity index (χ0v) is 17.6. The molecule has 0 N–H and O–H groups in total. The molecule has 2 atom stereocenters. The number of hydrogen-bond donors (Lipinski definition) is 0. The fourth-order valence-electron chi connectivity index (χ4n) is 5.44. The van der Waals surface area contributed by atoms with Crippen LogP contribution in [0.15, 0.2) is 60.7 Å². The fraction of sp³-hybridized carbons (Fsp3) is 0.400. The molecule has 2 heteroatoms. The van der Waals surface area contributed by atoms with Gasteiger partial charge in [-0.25, -0.2) is 0 Å². The molecule has 0 aromatic heterocycles. The van der Waals surface area contributed by atoms with Crippen LogP contribution in [0.5, 0.6) is 0 Å². The van der Waals surface area contributed by atoms with Gasteiger partial charge in [0.2, 0.25) is 0 Å². The molecular formula is C20H26SiSn. The first-order valence-corrected chi connectivity index (χ1v) is 19.0. The monoisotopic (exact) mass is 414 g/mol. The van der Waals surface area contributed by atoms with Crippen LogP contribution in [0.1, 0.15) is 0 Å². The Balaban J connectivity index is 1.77. The van der Waals surface area contributed by atoms with E-state index in [1.165, 1.54) is 0 Å². The van der Waals surface area contributed by atoms with E-state index in [1.54, 1.807) is 28.1 Å². The predicted octanol–water partition coefficient (Wildman–Crippen LogP) is 4.22. The topological polar surface area (TPSA) is 0 Å². The predicted molar refractivity (Wildman–Crippen MR) is 102 cm³/mol. The molecule has 2 aliphatic rings. The van der Waals surface area contributed by atoms with Crippen LogP contribution in [0, 0.1) is 11.8 Å². The van der Waals surface area contributed by atoms with E-state index in [9.17, 15) is 0 Å². The summed E-state index contributed by atoms with van der Waals surface area (Å²) < 4.78 is 6.64. The van der Waals surface area contributed by atoms with Crippen molar-refractivity contribution in [2.24, 2.45) is 11.8 Å². The SMILES string of the molecule is C[Si]1(C)C[C@@H]2[CH2][Sn]([c]3ccccc3)([c]3ccccc3)[CH2][C@H]2C1. The summed E-state index contributed by atoms with van der Waals surface area (Å²) in [5.74, 6) is 2.11. The second-order valence-corrected chi connectivity index (χ2v) is 25.3. The van der Waals surface area contributed by atoms with Crippen LogP contribution in [0.4, 0.5) is 0 Å². The number of hydrogen-bond acceptors (Lipinski definition) is 0. The molecule has 114 valence electrons. The van der Waals surface area contributed by atoms with Crippen molar-refractivity contribution < 1.29 is 0 Å². The molecule has 0 spiro atoms. The average molecular weight is 413 g/mol. The van der Waals surface area contributed by atoms with E-state index in [-0.39, 0.29) is 0 Å². The summed E-state index contributed by atoms with van der Waals surface area (Å²) in [5, 5.41) is 0. The third-order valence-electron chi connectivity index (χ3n) is 6.17. The average Bonchev–Trinajstić information content (AvgIpc) is 3.00. The molecule has 0 nitrogen and oxygen atoms in total. The molecule has 22 heavy (non-hydrogen) atoms. The van der Waals surface area contributed by atoms with Crippen molar-refractivity contribution in [1.82, 2.24) is 0 Å². The summed E-state index contributed by atoms with van der Waals surface area (Å²) >= 11 is -2.44. The molecule has 2 heterocycles. The molecule has 2 fully saturated rings. The van der Waals surface area contributed by atoms with Gasteiger partial charge in [-0.1, -0.05) is 0 Å². The molecule has 2 aliphatic heterocycles. The third-order valence-corrected chi connectivity index (χ3v) is 24.6. The Kier molecular flexibility index (Phi) is 3.77. The van der Waals surface area contributed by atoms with Crippen molar-refractivity contribution in [1.29, 1.82) is 0 Å². The maximum absolute atomic E-state index is 2.62. The third kappa shape index (κ3) is 2.50.